The maximum absolute atomic E-state index is 11.9. The number of carbonyl (C=O) groups is 1. The molecule has 1 heterocycles. The van der Waals surface area contributed by atoms with Crippen molar-refractivity contribution >= 4 is 17.3 Å². The predicted molar refractivity (Wildman–Crippen MR) is 82.3 cm³/mol. The van der Waals surface area contributed by atoms with E-state index in [1.165, 1.54) is 0 Å². The molecule has 1 atom stereocenters. The van der Waals surface area contributed by atoms with Crippen LogP contribution in [0.2, 0.25) is 0 Å². The van der Waals surface area contributed by atoms with Crippen LogP contribution in [0.1, 0.15) is 19.3 Å². The van der Waals surface area contributed by atoms with E-state index in [4.69, 9.17) is 10.5 Å². The Kier molecular flexibility index (Phi) is 5.41. The number of anilines is 2. The average molecular weight is 293 g/mol. The Morgan fingerprint density at radius 1 is 1.57 bits per heavy atom. The number of nitrogens with zero attached hydrogens (tertiary/aromatic N) is 1. The first-order chi connectivity index (χ1) is 10.1. The number of nitrogen functional groups attached to an aromatic ring is 1. The summed E-state index contributed by atoms with van der Waals surface area (Å²) in [5.41, 5.74) is 6.90. The third kappa shape index (κ3) is 4.61. The van der Waals surface area contributed by atoms with Gasteiger partial charge in [0.1, 0.15) is 5.75 Å². The number of β-amino-alcohol motifs (C(OH)–C–C–N with tert-alkyl or cyclic N) is 1. The van der Waals surface area contributed by atoms with Crippen LogP contribution in [0.4, 0.5) is 11.4 Å². The number of nitrogens with one attached hydrogen (secondary N) is 1. The lowest BCUT2D eigenvalue weighted by atomic mass is 10.2. The first-order valence-corrected chi connectivity index (χ1v) is 7.22. The summed E-state index contributed by atoms with van der Waals surface area (Å²) < 4.78 is 5.19. The summed E-state index contributed by atoms with van der Waals surface area (Å²) in [6.45, 7) is 2.46. The molecule has 6 heteroatoms. The van der Waals surface area contributed by atoms with Crippen LogP contribution in [0, 0.1) is 0 Å². The van der Waals surface area contributed by atoms with Gasteiger partial charge in [0.25, 0.3) is 0 Å². The van der Waals surface area contributed by atoms with Crippen molar-refractivity contribution in [2.75, 3.05) is 37.8 Å². The monoisotopic (exact) mass is 293 g/mol. The zero-order valence-electron chi connectivity index (χ0n) is 12.3. The molecule has 0 aromatic heterocycles. The lowest BCUT2D eigenvalue weighted by molar-refractivity contribution is -0.116. The molecule has 1 unspecified atom stereocenters. The zero-order chi connectivity index (χ0) is 15.2. The van der Waals surface area contributed by atoms with Gasteiger partial charge < -0.3 is 25.8 Å². The number of benzene rings is 1. The Bertz CT molecular complexity index is 493. The molecule has 0 aliphatic carbocycles. The summed E-state index contributed by atoms with van der Waals surface area (Å²) in [4.78, 5) is 14.1. The average Bonchev–Trinajstić information content (AvgIpc) is 2.86. The number of hydrogen-bond acceptors (Lipinski definition) is 5. The molecule has 1 fully saturated rings. The molecule has 1 aromatic carbocycles. The van der Waals surface area contributed by atoms with Crippen molar-refractivity contribution in [1.29, 1.82) is 0 Å². The molecular weight excluding hydrogens is 270 g/mol. The number of rotatable bonds is 6. The maximum Gasteiger partial charge on any atom is 0.224 e. The zero-order valence-corrected chi connectivity index (χ0v) is 12.3. The summed E-state index contributed by atoms with van der Waals surface area (Å²) in [5, 5.41) is 12.3. The first-order valence-electron chi connectivity index (χ1n) is 7.22. The molecule has 0 spiro atoms. The molecule has 1 amide bonds. The third-order valence-corrected chi connectivity index (χ3v) is 3.63. The molecule has 1 aliphatic rings. The molecule has 6 nitrogen and oxygen atoms in total. The summed E-state index contributed by atoms with van der Waals surface area (Å²) >= 11 is 0. The Balaban J connectivity index is 1.76. The third-order valence-electron chi connectivity index (χ3n) is 3.63. The SMILES string of the molecule is COc1cc(N)ccc1NC(=O)CCCN1CCC(O)C1. The number of amides is 1. The van der Waals surface area contributed by atoms with Gasteiger partial charge in [0.15, 0.2) is 0 Å². The summed E-state index contributed by atoms with van der Waals surface area (Å²) in [6.07, 6.45) is 1.84. The highest BCUT2D eigenvalue weighted by atomic mass is 16.5. The molecule has 4 N–H and O–H groups in total. The lowest BCUT2D eigenvalue weighted by Crippen LogP contribution is -2.24. The fraction of sp³-hybridized carbons (Fsp3) is 0.533. The minimum atomic E-state index is -0.210. The molecule has 0 bridgehead atoms. The van der Waals surface area contributed by atoms with Gasteiger partial charge in [-0.15, -0.1) is 0 Å². The Hall–Kier alpha value is -1.79. The van der Waals surface area contributed by atoms with E-state index in [0.717, 1.165) is 25.9 Å². The highest BCUT2D eigenvalue weighted by Gasteiger charge is 2.19. The van der Waals surface area contributed by atoms with Crippen LogP contribution in [-0.4, -0.2) is 48.8 Å². The second kappa shape index (κ2) is 7.28. The summed E-state index contributed by atoms with van der Waals surface area (Å²) in [5.74, 6) is 0.517. The fourth-order valence-corrected chi connectivity index (χ4v) is 2.50. The smallest absolute Gasteiger partial charge is 0.224 e. The molecule has 0 saturated carbocycles. The Labute approximate surface area is 124 Å². The van der Waals surface area contributed by atoms with Gasteiger partial charge in [0.05, 0.1) is 18.9 Å². The van der Waals surface area contributed by atoms with E-state index >= 15 is 0 Å². The van der Waals surface area contributed by atoms with Crippen LogP contribution in [0.5, 0.6) is 5.75 Å². The van der Waals surface area contributed by atoms with E-state index in [9.17, 15) is 9.90 Å². The van der Waals surface area contributed by atoms with Crippen molar-refractivity contribution in [2.24, 2.45) is 0 Å². The van der Waals surface area contributed by atoms with Crippen molar-refractivity contribution in [1.82, 2.24) is 4.90 Å². The molecular formula is C15H23N3O3. The van der Waals surface area contributed by atoms with E-state index in [0.29, 0.717) is 30.1 Å². The first kappa shape index (κ1) is 15.6. The molecule has 1 saturated heterocycles. The molecule has 1 aromatic rings. The van der Waals surface area contributed by atoms with Crippen LogP contribution >= 0.6 is 0 Å². The van der Waals surface area contributed by atoms with Crippen LogP contribution in [0.25, 0.3) is 0 Å². The number of hydrogen-bond donors (Lipinski definition) is 3. The van der Waals surface area contributed by atoms with Crippen molar-refractivity contribution in [3.8, 4) is 5.75 Å². The van der Waals surface area contributed by atoms with E-state index in [-0.39, 0.29) is 12.0 Å². The van der Waals surface area contributed by atoms with Gasteiger partial charge in [-0.25, -0.2) is 0 Å². The summed E-state index contributed by atoms with van der Waals surface area (Å²) in [7, 11) is 1.54. The number of aliphatic hydroxyl groups excluding tert-OH is 1. The van der Waals surface area contributed by atoms with Crippen molar-refractivity contribution in [2.45, 2.75) is 25.4 Å². The normalized spacial score (nSPS) is 18.7. The number of nitrogens with two attached hydrogens (primary N) is 1. The van der Waals surface area contributed by atoms with Crippen LogP contribution in [0.3, 0.4) is 0 Å². The predicted octanol–water partition coefficient (Wildman–Crippen LogP) is 1.06. The Morgan fingerprint density at radius 3 is 3.05 bits per heavy atom. The second-order valence-corrected chi connectivity index (χ2v) is 5.35. The molecule has 116 valence electrons. The van der Waals surface area contributed by atoms with Crippen LogP contribution in [0.15, 0.2) is 18.2 Å². The van der Waals surface area contributed by atoms with Crippen molar-refractivity contribution in [3.05, 3.63) is 18.2 Å². The minimum Gasteiger partial charge on any atom is -0.494 e. The number of methoxy groups -OCH3 is 1. The second-order valence-electron chi connectivity index (χ2n) is 5.35. The quantitative estimate of drug-likeness (QED) is 0.683. The highest BCUT2D eigenvalue weighted by molar-refractivity contribution is 5.92. The van der Waals surface area contributed by atoms with E-state index in [1.54, 1.807) is 25.3 Å². The van der Waals surface area contributed by atoms with Gasteiger partial charge in [-0.3, -0.25) is 4.79 Å². The molecule has 0 radical (unpaired) electrons. The Morgan fingerprint density at radius 2 is 2.38 bits per heavy atom. The lowest BCUT2D eigenvalue weighted by Gasteiger charge is -2.14. The number of aliphatic hydroxyl groups is 1. The van der Waals surface area contributed by atoms with Crippen molar-refractivity contribution in [3.63, 3.8) is 0 Å². The fourth-order valence-electron chi connectivity index (χ4n) is 2.50. The van der Waals surface area contributed by atoms with Gasteiger partial charge in [0.2, 0.25) is 5.91 Å². The van der Waals surface area contributed by atoms with Gasteiger partial charge in [-0.05, 0) is 31.5 Å². The van der Waals surface area contributed by atoms with E-state index in [2.05, 4.69) is 10.2 Å². The molecule has 21 heavy (non-hydrogen) atoms. The van der Waals surface area contributed by atoms with Crippen LogP contribution < -0.4 is 15.8 Å². The van der Waals surface area contributed by atoms with Gasteiger partial charge in [0, 0.05) is 31.3 Å². The maximum atomic E-state index is 11.9. The van der Waals surface area contributed by atoms with Gasteiger partial charge in [-0.2, -0.15) is 0 Å². The highest BCUT2D eigenvalue weighted by Crippen LogP contribution is 2.26. The number of carbonyl (C=O) groups excluding carboxylic acids is 1. The topological polar surface area (TPSA) is 87.8 Å². The van der Waals surface area contributed by atoms with Crippen LogP contribution in [-0.2, 0) is 4.79 Å². The van der Waals surface area contributed by atoms with E-state index < -0.39 is 0 Å². The molecule has 2 rings (SSSR count). The summed E-state index contributed by atoms with van der Waals surface area (Å²) in [6, 6.07) is 5.15. The van der Waals surface area contributed by atoms with Gasteiger partial charge in [-0.1, -0.05) is 0 Å². The molecule has 1 aliphatic heterocycles. The van der Waals surface area contributed by atoms with Gasteiger partial charge >= 0.3 is 0 Å². The number of likely N-dealkylation sites (tertiary alicyclic amines) is 1. The standard InChI is InChI=1S/C15H23N3O3/c1-21-14-9-11(16)4-5-13(14)17-15(20)3-2-7-18-8-6-12(19)10-18/h4-5,9,12,19H,2-3,6-8,10,16H2,1H3,(H,17,20). The van der Waals surface area contributed by atoms with Crippen molar-refractivity contribution < 1.29 is 14.6 Å². The largest absolute Gasteiger partial charge is 0.494 e. The number of ether oxygens (including phenoxy) is 1. The minimum absolute atomic E-state index is 0.0437. The van der Waals surface area contributed by atoms with E-state index in [1.807, 2.05) is 0 Å².